The van der Waals surface area contributed by atoms with Crippen LogP contribution in [0.5, 0.6) is 0 Å². The van der Waals surface area contributed by atoms with Gasteiger partial charge in [-0.2, -0.15) is 0 Å². The first-order valence-corrected chi connectivity index (χ1v) is 7.43. The van der Waals surface area contributed by atoms with Gasteiger partial charge in [0.05, 0.1) is 10.5 Å². The molecule has 6 nitrogen and oxygen atoms in total. The van der Waals surface area contributed by atoms with E-state index >= 15 is 0 Å². The molecule has 21 heavy (non-hydrogen) atoms. The molecule has 3 rings (SSSR count). The van der Waals surface area contributed by atoms with Gasteiger partial charge < -0.3 is 10.6 Å². The summed E-state index contributed by atoms with van der Waals surface area (Å²) in [6, 6.07) is 4.72. The zero-order chi connectivity index (χ0) is 15.0. The third-order valence-electron chi connectivity index (χ3n) is 4.78. The summed E-state index contributed by atoms with van der Waals surface area (Å²) in [5.41, 5.74) is 5.88. The molecule has 0 radical (unpaired) electrons. The Kier molecular flexibility index (Phi) is 3.53. The lowest BCUT2D eigenvalue weighted by Gasteiger charge is -2.31. The maximum atomic E-state index is 12.7. The number of benzene rings is 1. The average Bonchev–Trinajstić information content (AvgIpc) is 2.90. The van der Waals surface area contributed by atoms with Crippen LogP contribution in [0.15, 0.2) is 18.2 Å². The zero-order valence-electron chi connectivity index (χ0n) is 11.8. The fourth-order valence-corrected chi connectivity index (χ4v) is 3.71. The Labute approximate surface area is 123 Å². The van der Waals surface area contributed by atoms with Crippen LogP contribution in [0.1, 0.15) is 42.5 Å². The fourth-order valence-electron chi connectivity index (χ4n) is 3.71. The third-order valence-corrected chi connectivity index (χ3v) is 4.78. The van der Waals surface area contributed by atoms with Gasteiger partial charge in [-0.15, -0.1) is 0 Å². The van der Waals surface area contributed by atoms with Gasteiger partial charge in [0.25, 0.3) is 11.6 Å². The van der Waals surface area contributed by atoms with Gasteiger partial charge in [0.2, 0.25) is 0 Å². The highest BCUT2D eigenvalue weighted by molar-refractivity contribution is 6.01. The Hall–Kier alpha value is -2.11. The summed E-state index contributed by atoms with van der Waals surface area (Å²) in [7, 11) is 0. The number of nitrogens with two attached hydrogens (primary N) is 1. The van der Waals surface area contributed by atoms with Crippen LogP contribution in [0.2, 0.25) is 0 Å². The molecule has 2 atom stereocenters. The molecular weight excluding hydrogens is 270 g/mol. The number of para-hydroxylation sites is 1. The first-order chi connectivity index (χ1) is 10.1. The second-order valence-corrected chi connectivity index (χ2v) is 5.89. The smallest absolute Gasteiger partial charge is 0.292 e. The topological polar surface area (TPSA) is 89.5 Å². The van der Waals surface area contributed by atoms with Crippen LogP contribution < -0.4 is 5.73 Å². The molecule has 1 aliphatic carbocycles. The molecule has 0 spiro atoms. The predicted molar refractivity (Wildman–Crippen MR) is 78.9 cm³/mol. The second kappa shape index (κ2) is 5.35. The van der Waals surface area contributed by atoms with Crippen molar-refractivity contribution < 1.29 is 9.72 Å². The molecule has 0 aromatic heterocycles. The lowest BCUT2D eigenvalue weighted by atomic mass is 9.85. The van der Waals surface area contributed by atoms with Crippen molar-refractivity contribution in [3.63, 3.8) is 0 Å². The van der Waals surface area contributed by atoms with Crippen LogP contribution >= 0.6 is 0 Å². The van der Waals surface area contributed by atoms with Crippen molar-refractivity contribution in [1.29, 1.82) is 0 Å². The van der Waals surface area contributed by atoms with Crippen LogP contribution in [-0.2, 0) is 0 Å². The molecule has 112 valence electrons. The Bertz CT molecular complexity index is 588. The molecule has 2 unspecified atom stereocenters. The van der Waals surface area contributed by atoms with E-state index in [4.69, 9.17) is 5.73 Å². The van der Waals surface area contributed by atoms with Crippen molar-refractivity contribution in [2.24, 2.45) is 5.92 Å². The normalized spacial score (nSPS) is 24.7. The van der Waals surface area contributed by atoms with E-state index in [1.807, 2.05) is 4.90 Å². The van der Waals surface area contributed by atoms with Crippen LogP contribution in [0, 0.1) is 16.0 Å². The third kappa shape index (κ3) is 2.34. The zero-order valence-corrected chi connectivity index (χ0v) is 11.8. The highest BCUT2D eigenvalue weighted by Crippen LogP contribution is 2.37. The first-order valence-electron chi connectivity index (χ1n) is 7.43. The first kappa shape index (κ1) is 13.9. The Morgan fingerprint density at radius 3 is 2.81 bits per heavy atom. The molecule has 6 heteroatoms. The van der Waals surface area contributed by atoms with Gasteiger partial charge in [0.15, 0.2) is 0 Å². The SMILES string of the molecule is Nc1c(C(=O)N2CCC3CCCCC32)cccc1[N+](=O)[O-]. The number of rotatable bonds is 2. The molecule has 1 heterocycles. The van der Waals surface area contributed by atoms with Crippen LogP contribution in [-0.4, -0.2) is 28.3 Å². The van der Waals surface area contributed by atoms with E-state index in [2.05, 4.69) is 0 Å². The van der Waals surface area contributed by atoms with Crippen molar-refractivity contribution >= 4 is 17.3 Å². The highest BCUT2D eigenvalue weighted by atomic mass is 16.6. The van der Waals surface area contributed by atoms with Crippen molar-refractivity contribution in [3.05, 3.63) is 33.9 Å². The number of hydrogen-bond donors (Lipinski definition) is 1. The fraction of sp³-hybridized carbons (Fsp3) is 0.533. The Morgan fingerprint density at radius 1 is 1.29 bits per heavy atom. The number of amides is 1. The van der Waals surface area contributed by atoms with Crippen molar-refractivity contribution in [2.45, 2.75) is 38.1 Å². The van der Waals surface area contributed by atoms with E-state index < -0.39 is 4.92 Å². The van der Waals surface area contributed by atoms with Crippen molar-refractivity contribution in [3.8, 4) is 0 Å². The minimum Gasteiger partial charge on any atom is -0.393 e. The number of anilines is 1. The van der Waals surface area contributed by atoms with Gasteiger partial charge in [-0.1, -0.05) is 18.9 Å². The quantitative estimate of drug-likeness (QED) is 0.514. The average molecular weight is 289 g/mol. The summed E-state index contributed by atoms with van der Waals surface area (Å²) in [5.74, 6) is 0.424. The van der Waals surface area contributed by atoms with Crippen molar-refractivity contribution in [1.82, 2.24) is 4.90 Å². The Balaban J connectivity index is 1.89. The highest BCUT2D eigenvalue weighted by Gasteiger charge is 2.39. The molecule has 2 N–H and O–H groups in total. The van der Waals surface area contributed by atoms with Gasteiger partial charge in [0.1, 0.15) is 5.69 Å². The maximum Gasteiger partial charge on any atom is 0.292 e. The number of nitro groups is 1. The molecule has 2 fully saturated rings. The lowest BCUT2D eigenvalue weighted by Crippen LogP contribution is -2.39. The van der Waals surface area contributed by atoms with Gasteiger partial charge in [0, 0.05) is 18.7 Å². The molecule has 2 aliphatic rings. The van der Waals surface area contributed by atoms with Crippen LogP contribution in [0.4, 0.5) is 11.4 Å². The summed E-state index contributed by atoms with van der Waals surface area (Å²) < 4.78 is 0. The van der Waals surface area contributed by atoms with E-state index in [-0.39, 0.29) is 28.9 Å². The molecule has 1 saturated carbocycles. The van der Waals surface area contributed by atoms with Crippen LogP contribution in [0.25, 0.3) is 0 Å². The second-order valence-electron chi connectivity index (χ2n) is 5.89. The largest absolute Gasteiger partial charge is 0.393 e. The maximum absolute atomic E-state index is 12.7. The summed E-state index contributed by atoms with van der Waals surface area (Å²) in [5, 5.41) is 10.9. The molecule has 1 aromatic carbocycles. The monoisotopic (exact) mass is 289 g/mol. The van der Waals surface area contributed by atoms with E-state index in [0.717, 1.165) is 25.8 Å². The Morgan fingerprint density at radius 2 is 2.05 bits per heavy atom. The summed E-state index contributed by atoms with van der Waals surface area (Å²) in [6.45, 7) is 0.732. The van der Waals surface area contributed by atoms with Crippen LogP contribution in [0.3, 0.4) is 0 Å². The molecule has 1 aliphatic heterocycles. The molecule has 0 bridgehead atoms. The van der Waals surface area contributed by atoms with Gasteiger partial charge >= 0.3 is 0 Å². The van der Waals surface area contributed by atoms with Gasteiger partial charge in [-0.05, 0) is 31.2 Å². The minimum absolute atomic E-state index is 0.0215. The number of nitro benzene ring substituents is 1. The number of likely N-dealkylation sites (tertiary alicyclic amines) is 1. The molecule has 1 aromatic rings. The molecular formula is C15H19N3O3. The summed E-state index contributed by atoms with van der Waals surface area (Å²) in [6.07, 6.45) is 5.63. The van der Waals surface area contributed by atoms with E-state index in [1.165, 1.54) is 25.0 Å². The lowest BCUT2D eigenvalue weighted by molar-refractivity contribution is -0.383. The summed E-state index contributed by atoms with van der Waals surface area (Å²) >= 11 is 0. The number of nitrogens with zero attached hydrogens (tertiary/aromatic N) is 2. The number of carbonyl (C=O) groups excluding carboxylic acids is 1. The number of nitrogen functional groups attached to an aromatic ring is 1. The van der Waals surface area contributed by atoms with Gasteiger partial charge in [-0.25, -0.2) is 0 Å². The van der Waals surface area contributed by atoms with E-state index in [1.54, 1.807) is 6.07 Å². The van der Waals surface area contributed by atoms with Gasteiger partial charge in [-0.3, -0.25) is 14.9 Å². The van der Waals surface area contributed by atoms with Crippen molar-refractivity contribution in [2.75, 3.05) is 12.3 Å². The predicted octanol–water partition coefficient (Wildman–Crippen LogP) is 2.58. The number of fused-ring (bicyclic) bond motifs is 1. The molecule has 1 amide bonds. The number of carbonyl (C=O) groups is 1. The minimum atomic E-state index is -0.542. The van der Waals surface area contributed by atoms with E-state index in [9.17, 15) is 14.9 Å². The standard InChI is InChI=1S/C15H19N3O3/c16-14-11(5-3-7-13(14)18(20)21)15(19)17-9-8-10-4-1-2-6-12(10)17/h3,5,7,10,12H,1-2,4,6,8-9,16H2. The van der Waals surface area contributed by atoms with E-state index in [0.29, 0.717) is 5.92 Å². The molecule has 1 saturated heterocycles. The summed E-state index contributed by atoms with van der Waals surface area (Å²) in [4.78, 5) is 25.0. The number of hydrogen-bond acceptors (Lipinski definition) is 4.